The van der Waals surface area contributed by atoms with E-state index < -0.39 is 17.6 Å². The number of nitrogens with one attached hydrogen (secondary N) is 1. The lowest BCUT2D eigenvalue weighted by Crippen LogP contribution is -2.48. The molecule has 94 valence electrons. The Morgan fingerprint density at radius 2 is 2.12 bits per heavy atom. The number of hydrogen-bond donors (Lipinski definition) is 1. The van der Waals surface area contributed by atoms with Crippen molar-refractivity contribution in [1.82, 2.24) is 14.9 Å². The summed E-state index contributed by atoms with van der Waals surface area (Å²) >= 11 is 0. The Morgan fingerprint density at radius 1 is 1.41 bits per heavy atom. The van der Waals surface area contributed by atoms with Gasteiger partial charge in [-0.1, -0.05) is 0 Å². The summed E-state index contributed by atoms with van der Waals surface area (Å²) in [5.74, 6) is -0.480. The number of esters is 1. The fraction of sp³-hybridized carbons (Fsp3) is 0.500. The second-order valence-electron chi connectivity index (χ2n) is 3.58. The maximum atomic E-state index is 11.8. The Morgan fingerprint density at radius 3 is 2.59 bits per heavy atom. The van der Waals surface area contributed by atoms with Gasteiger partial charge in [0.2, 0.25) is 0 Å². The lowest BCUT2D eigenvalue weighted by molar-refractivity contribution is -0.150. The third-order valence-electron chi connectivity index (χ3n) is 2.46. The van der Waals surface area contributed by atoms with Crippen LogP contribution in [0.2, 0.25) is 0 Å². The van der Waals surface area contributed by atoms with Crippen LogP contribution in [0.15, 0.2) is 18.7 Å². The highest BCUT2D eigenvalue weighted by Crippen LogP contribution is 2.16. The molecule has 0 saturated heterocycles. The Bertz CT molecular complexity index is 390. The molecule has 1 atom stereocenters. The fourth-order valence-corrected chi connectivity index (χ4v) is 1.36. The number of aromatic nitrogens is 2. The van der Waals surface area contributed by atoms with Crippen LogP contribution in [0.5, 0.6) is 0 Å². The maximum Gasteiger partial charge on any atom is 0.406 e. The second kappa shape index (κ2) is 5.33. The molecule has 0 aliphatic carbocycles. The van der Waals surface area contributed by atoms with Crippen LogP contribution in [-0.4, -0.2) is 42.4 Å². The summed E-state index contributed by atoms with van der Waals surface area (Å²) < 4.78 is 10.7. The molecule has 1 rings (SSSR count). The number of nitrogens with zero attached hydrogens (tertiary/aromatic N) is 2. The Labute approximate surface area is 98.7 Å². The minimum Gasteiger partial charge on any atom is -0.467 e. The number of carbonyl (C=O) groups excluding carboxylic acids is 2. The number of methoxy groups -OCH3 is 2. The van der Waals surface area contributed by atoms with Crippen LogP contribution in [0, 0.1) is 0 Å². The molecule has 0 bridgehead atoms. The molecule has 7 heteroatoms. The van der Waals surface area contributed by atoms with E-state index in [-0.39, 0.29) is 6.54 Å². The molecule has 0 aliphatic rings. The molecule has 1 aromatic rings. The van der Waals surface area contributed by atoms with Crippen molar-refractivity contribution in [2.45, 2.75) is 12.5 Å². The molecule has 0 spiro atoms. The standard InChI is InChI=1S/C10H15N3O4/c1-10(8(14)16-2,6-12-9(15)17-3)13-5-4-11-7-13/h4-5,7H,6H2,1-3H3,(H,12,15)/t10-/m0/s1. The fourth-order valence-electron chi connectivity index (χ4n) is 1.36. The van der Waals surface area contributed by atoms with E-state index in [1.807, 2.05) is 0 Å². The Kier molecular flexibility index (Phi) is 4.08. The monoisotopic (exact) mass is 241 g/mol. The summed E-state index contributed by atoms with van der Waals surface area (Å²) in [7, 11) is 2.54. The highest BCUT2D eigenvalue weighted by atomic mass is 16.5. The van der Waals surface area contributed by atoms with Gasteiger partial charge in [0.25, 0.3) is 0 Å². The number of alkyl carbamates (subject to hydrolysis) is 1. The molecule has 0 saturated carbocycles. The molecular formula is C10H15N3O4. The van der Waals surface area contributed by atoms with Crippen LogP contribution >= 0.6 is 0 Å². The van der Waals surface area contributed by atoms with E-state index in [4.69, 9.17) is 4.74 Å². The van der Waals surface area contributed by atoms with Gasteiger partial charge in [-0.25, -0.2) is 14.6 Å². The SMILES string of the molecule is COC(=O)NC[C@@](C)(C(=O)OC)n1ccnc1. The van der Waals surface area contributed by atoms with Crippen LogP contribution < -0.4 is 5.32 Å². The summed E-state index contributed by atoms with van der Waals surface area (Å²) in [6, 6.07) is 0. The van der Waals surface area contributed by atoms with Crippen LogP contribution in [-0.2, 0) is 19.8 Å². The van der Waals surface area contributed by atoms with Crippen molar-refractivity contribution in [1.29, 1.82) is 0 Å². The molecule has 0 radical (unpaired) electrons. The van der Waals surface area contributed by atoms with Crippen LogP contribution in [0.25, 0.3) is 0 Å². The molecular weight excluding hydrogens is 226 g/mol. The first-order valence-corrected chi connectivity index (χ1v) is 4.93. The van der Waals surface area contributed by atoms with Gasteiger partial charge < -0.3 is 19.4 Å². The first-order valence-electron chi connectivity index (χ1n) is 4.93. The summed E-state index contributed by atoms with van der Waals surface area (Å²) in [5, 5.41) is 2.47. The van der Waals surface area contributed by atoms with Gasteiger partial charge in [0.05, 0.1) is 27.1 Å². The van der Waals surface area contributed by atoms with E-state index in [1.54, 1.807) is 23.9 Å². The van der Waals surface area contributed by atoms with Crippen LogP contribution in [0.3, 0.4) is 0 Å². The molecule has 17 heavy (non-hydrogen) atoms. The Hall–Kier alpha value is -2.05. The first-order chi connectivity index (χ1) is 8.04. The van der Waals surface area contributed by atoms with Crippen molar-refractivity contribution in [3.63, 3.8) is 0 Å². The molecule has 7 nitrogen and oxygen atoms in total. The van der Waals surface area contributed by atoms with Gasteiger partial charge in [-0.05, 0) is 6.92 Å². The highest BCUT2D eigenvalue weighted by molar-refractivity contribution is 5.79. The van der Waals surface area contributed by atoms with Crippen LogP contribution in [0.4, 0.5) is 4.79 Å². The zero-order chi connectivity index (χ0) is 12.9. The third-order valence-corrected chi connectivity index (χ3v) is 2.46. The number of hydrogen-bond acceptors (Lipinski definition) is 5. The highest BCUT2D eigenvalue weighted by Gasteiger charge is 2.36. The zero-order valence-corrected chi connectivity index (χ0v) is 9.97. The number of amides is 1. The number of rotatable bonds is 4. The predicted molar refractivity (Wildman–Crippen MR) is 58.3 cm³/mol. The lowest BCUT2D eigenvalue weighted by Gasteiger charge is -2.27. The topological polar surface area (TPSA) is 82.5 Å². The summed E-state index contributed by atoms with van der Waals surface area (Å²) in [5.41, 5.74) is -1.06. The average Bonchev–Trinajstić information content (AvgIpc) is 2.88. The summed E-state index contributed by atoms with van der Waals surface area (Å²) in [6.07, 6.45) is 4.03. The first kappa shape index (κ1) is 13.0. The van der Waals surface area contributed by atoms with Crippen LogP contribution in [0.1, 0.15) is 6.92 Å². The maximum absolute atomic E-state index is 11.8. The van der Waals surface area contributed by atoms with E-state index in [2.05, 4.69) is 15.0 Å². The molecule has 0 fully saturated rings. The molecule has 1 aromatic heterocycles. The van der Waals surface area contributed by atoms with E-state index in [9.17, 15) is 9.59 Å². The van der Waals surface area contributed by atoms with E-state index in [0.29, 0.717) is 0 Å². The molecule has 0 unspecified atom stereocenters. The van der Waals surface area contributed by atoms with Gasteiger partial charge in [-0.3, -0.25) is 0 Å². The second-order valence-corrected chi connectivity index (χ2v) is 3.58. The number of ether oxygens (including phenoxy) is 2. The molecule has 1 heterocycles. The smallest absolute Gasteiger partial charge is 0.406 e. The van der Waals surface area contributed by atoms with E-state index in [0.717, 1.165) is 0 Å². The Balaban J connectivity index is 2.87. The molecule has 1 amide bonds. The average molecular weight is 241 g/mol. The van der Waals surface area contributed by atoms with Gasteiger partial charge >= 0.3 is 12.1 Å². The van der Waals surface area contributed by atoms with Crippen molar-refractivity contribution in [3.05, 3.63) is 18.7 Å². The van der Waals surface area contributed by atoms with Gasteiger partial charge in [0.15, 0.2) is 5.54 Å². The predicted octanol–water partition coefficient (Wildman–Crippen LogP) is 0.127. The van der Waals surface area contributed by atoms with E-state index >= 15 is 0 Å². The third kappa shape index (κ3) is 2.74. The van der Waals surface area contributed by atoms with Gasteiger partial charge in [0.1, 0.15) is 0 Å². The van der Waals surface area contributed by atoms with Crippen molar-refractivity contribution in [2.24, 2.45) is 0 Å². The quantitative estimate of drug-likeness (QED) is 0.757. The van der Waals surface area contributed by atoms with Crippen molar-refractivity contribution < 1.29 is 19.1 Å². The number of carbonyl (C=O) groups is 2. The normalized spacial score (nSPS) is 13.6. The summed E-state index contributed by atoms with van der Waals surface area (Å²) in [4.78, 5) is 26.7. The van der Waals surface area contributed by atoms with Gasteiger partial charge in [-0.15, -0.1) is 0 Å². The zero-order valence-electron chi connectivity index (χ0n) is 9.97. The minimum atomic E-state index is -1.06. The summed E-state index contributed by atoms with van der Waals surface area (Å²) in [6.45, 7) is 1.68. The largest absolute Gasteiger partial charge is 0.467 e. The minimum absolute atomic E-state index is 0.0444. The molecule has 0 aliphatic heterocycles. The lowest BCUT2D eigenvalue weighted by atomic mass is 10.0. The van der Waals surface area contributed by atoms with Crippen molar-refractivity contribution >= 4 is 12.1 Å². The van der Waals surface area contributed by atoms with Gasteiger partial charge in [-0.2, -0.15) is 0 Å². The van der Waals surface area contributed by atoms with Crippen molar-refractivity contribution in [3.8, 4) is 0 Å². The molecule has 0 aromatic carbocycles. The number of imidazole rings is 1. The van der Waals surface area contributed by atoms with Crippen molar-refractivity contribution in [2.75, 3.05) is 20.8 Å². The molecule has 1 N–H and O–H groups in total. The van der Waals surface area contributed by atoms with E-state index in [1.165, 1.54) is 20.5 Å². The van der Waals surface area contributed by atoms with Gasteiger partial charge in [0, 0.05) is 12.4 Å².